The molecular formula is C20H18ClN3. The number of halogens is 1. The predicted molar refractivity (Wildman–Crippen MR) is 103 cm³/mol. The number of nitrogen functional groups attached to an aromatic ring is 1. The van der Waals surface area contributed by atoms with Crippen LogP contribution < -0.4 is 10.7 Å². The van der Waals surface area contributed by atoms with Crippen LogP contribution >= 0.6 is 11.6 Å². The highest BCUT2D eigenvalue weighted by Crippen LogP contribution is 2.23. The first kappa shape index (κ1) is 16.1. The molecule has 0 amide bonds. The van der Waals surface area contributed by atoms with E-state index >= 15 is 0 Å². The van der Waals surface area contributed by atoms with E-state index in [4.69, 9.17) is 22.4 Å². The summed E-state index contributed by atoms with van der Waals surface area (Å²) in [5.74, 6) is 0. The van der Waals surface area contributed by atoms with Gasteiger partial charge in [0.05, 0.1) is 5.69 Å². The number of nitrogens with two attached hydrogens (primary N) is 1. The quantitative estimate of drug-likeness (QED) is 0.422. The molecule has 0 aliphatic heterocycles. The molecule has 0 fully saturated rings. The summed E-state index contributed by atoms with van der Waals surface area (Å²) >= 11 is 6.18. The standard InChI is InChI=1S/C20H18ClN3/c1-24(17-10-6-3-7-11-17)23-20(15-8-4-2-5-9-15)18-14-16(21)12-13-19(18)22/h2-14H,22H2,1H3/b23-20+. The minimum atomic E-state index is 0.630. The Labute approximate surface area is 147 Å². The van der Waals surface area contributed by atoms with Crippen molar-refractivity contribution in [2.45, 2.75) is 0 Å². The fourth-order valence-electron chi connectivity index (χ4n) is 2.45. The molecule has 3 aromatic carbocycles. The summed E-state index contributed by atoms with van der Waals surface area (Å²) in [5, 5.41) is 7.27. The van der Waals surface area contributed by atoms with Crippen molar-refractivity contribution in [3.63, 3.8) is 0 Å². The van der Waals surface area contributed by atoms with E-state index in [-0.39, 0.29) is 0 Å². The Hall–Kier alpha value is -2.78. The van der Waals surface area contributed by atoms with Crippen LogP contribution in [0.25, 0.3) is 0 Å². The van der Waals surface area contributed by atoms with Crippen LogP contribution in [-0.4, -0.2) is 12.8 Å². The molecule has 24 heavy (non-hydrogen) atoms. The number of para-hydroxylation sites is 1. The van der Waals surface area contributed by atoms with E-state index in [0.29, 0.717) is 10.7 Å². The van der Waals surface area contributed by atoms with Crippen molar-refractivity contribution < 1.29 is 0 Å². The molecule has 120 valence electrons. The van der Waals surface area contributed by atoms with E-state index in [9.17, 15) is 0 Å². The second-order valence-electron chi connectivity index (χ2n) is 5.41. The Morgan fingerprint density at radius 2 is 1.54 bits per heavy atom. The Morgan fingerprint density at radius 1 is 0.917 bits per heavy atom. The fraction of sp³-hybridized carbons (Fsp3) is 0.0500. The number of benzene rings is 3. The average Bonchev–Trinajstić information content (AvgIpc) is 2.63. The van der Waals surface area contributed by atoms with Gasteiger partial charge in [0.25, 0.3) is 0 Å². The summed E-state index contributed by atoms with van der Waals surface area (Å²) in [7, 11) is 1.92. The van der Waals surface area contributed by atoms with Crippen LogP contribution in [0.5, 0.6) is 0 Å². The summed E-state index contributed by atoms with van der Waals surface area (Å²) in [4.78, 5) is 0. The third-order valence-electron chi connectivity index (χ3n) is 3.70. The minimum absolute atomic E-state index is 0.630. The van der Waals surface area contributed by atoms with E-state index in [0.717, 1.165) is 22.5 Å². The van der Waals surface area contributed by atoms with Gasteiger partial charge in [-0.1, -0.05) is 60.1 Å². The van der Waals surface area contributed by atoms with E-state index in [2.05, 4.69) is 0 Å². The number of rotatable bonds is 4. The maximum Gasteiger partial charge on any atom is 0.100 e. The molecule has 0 spiro atoms. The molecule has 0 radical (unpaired) electrons. The van der Waals surface area contributed by atoms with Gasteiger partial charge >= 0.3 is 0 Å². The number of hydrogen-bond donors (Lipinski definition) is 1. The van der Waals surface area contributed by atoms with Gasteiger partial charge in [0, 0.05) is 28.9 Å². The van der Waals surface area contributed by atoms with Crippen molar-refractivity contribution in [2.24, 2.45) is 5.10 Å². The summed E-state index contributed by atoms with van der Waals surface area (Å²) < 4.78 is 0. The van der Waals surface area contributed by atoms with Gasteiger partial charge in [-0.2, -0.15) is 5.10 Å². The molecule has 0 aliphatic carbocycles. The molecule has 0 unspecified atom stereocenters. The fourth-order valence-corrected chi connectivity index (χ4v) is 2.62. The first-order valence-electron chi connectivity index (χ1n) is 7.63. The van der Waals surface area contributed by atoms with E-state index < -0.39 is 0 Å². The molecule has 0 aromatic heterocycles. The summed E-state index contributed by atoms with van der Waals surface area (Å²) in [5.41, 5.74) is 10.4. The van der Waals surface area contributed by atoms with Crippen molar-refractivity contribution in [1.29, 1.82) is 0 Å². The Kier molecular flexibility index (Phi) is 4.82. The predicted octanol–water partition coefficient (Wildman–Crippen LogP) is 4.81. The van der Waals surface area contributed by atoms with Crippen LogP contribution in [0.4, 0.5) is 11.4 Å². The van der Waals surface area contributed by atoms with E-state index in [1.165, 1.54) is 0 Å². The molecule has 3 aromatic rings. The number of hydrogen-bond acceptors (Lipinski definition) is 3. The Bertz CT molecular complexity index is 845. The van der Waals surface area contributed by atoms with E-state index in [1.807, 2.05) is 78.8 Å². The lowest BCUT2D eigenvalue weighted by Crippen LogP contribution is -2.16. The highest BCUT2D eigenvalue weighted by Gasteiger charge is 2.13. The number of nitrogens with zero attached hydrogens (tertiary/aromatic N) is 2. The van der Waals surface area contributed by atoms with Gasteiger partial charge in [0.15, 0.2) is 0 Å². The van der Waals surface area contributed by atoms with Gasteiger partial charge < -0.3 is 5.73 Å². The molecule has 3 nitrogen and oxygen atoms in total. The molecule has 0 atom stereocenters. The van der Waals surface area contributed by atoms with Crippen LogP contribution in [0.15, 0.2) is 84.0 Å². The second-order valence-corrected chi connectivity index (χ2v) is 5.84. The third kappa shape index (κ3) is 3.58. The van der Waals surface area contributed by atoms with Crippen LogP contribution in [0.3, 0.4) is 0 Å². The average molecular weight is 336 g/mol. The zero-order valence-electron chi connectivity index (χ0n) is 13.4. The van der Waals surface area contributed by atoms with Crippen molar-refractivity contribution in [3.05, 3.63) is 95.0 Å². The van der Waals surface area contributed by atoms with Crippen LogP contribution in [0.1, 0.15) is 11.1 Å². The Morgan fingerprint density at radius 3 is 2.21 bits per heavy atom. The van der Waals surface area contributed by atoms with Gasteiger partial charge in [-0.25, -0.2) is 0 Å². The van der Waals surface area contributed by atoms with Crippen molar-refractivity contribution in [1.82, 2.24) is 0 Å². The molecule has 2 N–H and O–H groups in total. The van der Waals surface area contributed by atoms with Crippen molar-refractivity contribution >= 4 is 28.7 Å². The summed E-state index contributed by atoms with van der Waals surface area (Å²) in [6.45, 7) is 0. The van der Waals surface area contributed by atoms with Gasteiger partial charge in [-0.15, -0.1) is 0 Å². The molecule has 0 bridgehead atoms. The Balaban J connectivity index is 2.12. The lowest BCUT2D eigenvalue weighted by molar-refractivity contribution is 1.02. The summed E-state index contributed by atoms with van der Waals surface area (Å²) in [6.07, 6.45) is 0. The number of anilines is 2. The monoisotopic (exact) mass is 335 g/mol. The lowest BCUT2D eigenvalue weighted by Gasteiger charge is -2.17. The van der Waals surface area contributed by atoms with Crippen molar-refractivity contribution in [2.75, 3.05) is 17.8 Å². The van der Waals surface area contributed by atoms with Crippen molar-refractivity contribution in [3.8, 4) is 0 Å². The third-order valence-corrected chi connectivity index (χ3v) is 3.93. The maximum atomic E-state index is 6.18. The largest absolute Gasteiger partial charge is 0.398 e. The van der Waals surface area contributed by atoms with Gasteiger partial charge in [-0.05, 0) is 30.3 Å². The normalized spacial score (nSPS) is 11.3. The lowest BCUT2D eigenvalue weighted by atomic mass is 10.0. The molecule has 0 saturated heterocycles. The molecular weight excluding hydrogens is 318 g/mol. The molecule has 0 saturated carbocycles. The van der Waals surface area contributed by atoms with Crippen LogP contribution in [0, 0.1) is 0 Å². The zero-order chi connectivity index (χ0) is 16.9. The second kappa shape index (κ2) is 7.20. The molecule has 0 heterocycles. The first-order valence-corrected chi connectivity index (χ1v) is 8.01. The van der Waals surface area contributed by atoms with Gasteiger partial charge in [0.2, 0.25) is 0 Å². The smallest absolute Gasteiger partial charge is 0.100 e. The summed E-state index contributed by atoms with van der Waals surface area (Å²) in [6, 6.07) is 25.4. The highest BCUT2D eigenvalue weighted by atomic mass is 35.5. The van der Waals surface area contributed by atoms with Crippen LogP contribution in [0.2, 0.25) is 5.02 Å². The van der Waals surface area contributed by atoms with Crippen LogP contribution in [-0.2, 0) is 0 Å². The van der Waals surface area contributed by atoms with Gasteiger partial charge in [0.1, 0.15) is 5.71 Å². The maximum absolute atomic E-state index is 6.18. The molecule has 0 aliphatic rings. The topological polar surface area (TPSA) is 41.6 Å². The highest BCUT2D eigenvalue weighted by molar-refractivity contribution is 6.31. The minimum Gasteiger partial charge on any atom is -0.398 e. The molecule has 3 rings (SSSR count). The van der Waals surface area contributed by atoms with Gasteiger partial charge in [-0.3, -0.25) is 5.01 Å². The zero-order valence-corrected chi connectivity index (χ0v) is 14.1. The number of hydrazone groups is 1. The first-order chi connectivity index (χ1) is 11.6. The molecule has 4 heteroatoms. The SMILES string of the molecule is CN(/N=C(\c1ccccc1)c1cc(Cl)ccc1N)c1ccccc1. The van der Waals surface area contributed by atoms with E-state index in [1.54, 1.807) is 12.1 Å².